The van der Waals surface area contributed by atoms with E-state index in [0.717, 1.165) is 0 Å². The molecule has 2 atom stereocenters. The summed E-state index contributed by atoms with van der Waals surface area (Å²) in [7, 11) is 0. The van der Waals surface area contributed by atoms with Crippen molar-refractivity contribution in [1.29, 1.82) is 0 Å². The highest BCUT2D eigenvalue weighted by Gasteiger charge is 2.45. The molecule has 0 bridgehead atoms. The monoisotopic (exact) mass is 290 g/mol. The fourth-order valence-corrected chi connectivity index (χ4v) is 2.89. The standard InChI is InChI=1S/C14H18N4O3/c19-8-14(9-20)5-12(13(21)6-14)18-7-11(16-17-18)10-3-1-2-4-15-10/h1-4,7,12-13,19-21H,5-6,8-9H2/t12-,13-/m1/s1. The Balaban J connectivity index is 1.84. The SMILES string of the molecule is OCC1(CO)C[C@@H](O)[C@H](n2cc(-c3ccccn3)nn2)C1. The van der Waals surface area contributed by atoms with E-state index in [0.29, 0.717) is 24.2 Å². The quantitative estimate of drug-likeness (QED) is 0.732. The van der Waals surface area contributed by atoms with Crippen molar-refractivity contribution in [1.82, 2.24) is 20.0 Å². The van der Waals surface area contributed by atoms with Gasteiger partial charge in [0.2, 0.25) is 0 Å². The topological polar surface area (TPSA) is 104 Å². The summed E-state index contributed by atoms with van der Waals surface area (Å²) in [5.41, 5.74) is 0.696. The lowest BCUT2D eigenvalue weighted by atomic mass is 9.88. The Morgan fingerprint density at radius 2 is 2.00 bits per heavy atom. The number of aliphatic hydroxyl groups excluding tert-OH is 3. The Labute approximate surface area is 121 Å². The molecule has 0 saturated heterocycles. The Hall–Kier alpha value is -1.83. The minimum absolute atomic E-state index is 0.154. The molecule has 0 amide bonds. The fraction of sp³-hybridized carbons (Fsp3) is 0.500. The molecule has 2 heterocycles. The van der Waals surface area contributed by atoms with E-state index in [1.807, 2.05) is 18.2 Å². The molecule has 21 heavy (non-hydrogen) atoms. The maximum absolute atomic E-state index is 10.2. The maximum atomic E-state index is 10.2. The van der Waals surface area contributed by atoms with Crippen LogP contribution in [0.15, 0.2) is 30.6 Å². The number of aromatic nitrogens is 4. The summed E-state index contributed by atoms with van der Waals surface area (Å²) in [6.45, 7) is -0.308. The van der Waals surface area contributed by atoms with Crippen molar-refractivity contribution in [2.75, 3.05) is 13.2 Å². The highest BCUT2D eigenvalue weighted by Crippen LogP contribution is 2.43. The lowest BCUT2D eigenvalue weighted by Crippen LogP contribution is -2.27. The molecule has 1 aliphatic carbocycles. The van der Waals surface area contributed by atoms with E-state index >= 15 is 0 Å². The largest absolute Gasteiger partial charge is 0.396 e. The predicted octanol–water partition coefficient (Wildman–Crippen LogP) is 0.00690. The summed E-state index contributed by atoms with van der Waals surface area (Å²) in [5.74, 6) is 0. The molecule has 3 rings (SSSR count). The van der Waals surface area contributed by atoms with Crippen LogP contribution in [-0.2, 0) is 0 Å². The van der Waals surface area contributed by atoms with Crippen molar-refractivity contribution in [2.45, 2.75) is 25.0 Å². The molecular weight excluding hydrogens is 272 g/mol. The molecule has 3 N–H and O–H groups in total. The molecule has 2 aromatic heterocycles. The summed E-state index contributed by atoms with van der Waals surface area (Å²) < 4.78 is 1.60. The normalized spacial score (nSPS) is 24.3. The van der Waals surface area contributed by atoms with Gasteiger partial charge in [-0.3, -0.25) is 4.98 Å². The molecule has 0 aliphatic heterocycles. The third-order valence-electron chi connectivity index (χ3n) is 4.18. The number of aliphatic hydroxyl groups is 3. The van der Waals surface area contributed by atoms with Gasteiger partial charge in [0, 0.05) is 11.6 Å². The second-order valence-corrected chi connectivity index (χ2v) is 5.66. The van der Waals surface area contributed by atoms with Gasteiger partial charge in [-0.25, -0.2) is 4.68 Å². The van der Waals surface area contributed by atoms with Gasteiger partial charge in [-0.2, -0.15) is 0 Å². The third-order valence-corrected chi connectivity index (χ3v) is 4.18. The van der Waals surface area contributed by atoms with E-state index in [1.165, 1.54) is 0 Å². The van der Waals surface area contributed by atoms with Crippen LogP contribution < -0.4 is 0 Å². The van der Waals surface area contributed by atoms with E-state index in [9.17, 15) is 15.3 Å². The van der Waals surface area contributed by atoms with Crippen LogP contribution >= 0.6 is 0 Å². The first-order chi connectivity index (χ1) is 10.2. The third kappa shape index (κ3) is 2.55. The predicted molar refractivity (Wildman–Crippen MR) is 74.1 cm³/mol. The first-order valence-corrected chi connectivity index (χ1v) is 6.90. The number of pyridine rings is 1. The molecule has 112 valence electrons. The summed E-state index contributed by atoms with van der Waals surface area (Å²) >= 11 is 0. The molecule has 7 nitrogen and oxygen atoms in total. The molecular formula is C14H18N4O3. The smallest absolute Gasteiger partial charge is 0.131 e. The van der Waals surface area contributed by atoms with Crippen LogP contribution in [0.2, 0.25) is 0 Å². The number of hydrogen-bond donors (Lipinski definition) is 3. The molecule has 1 aliphatic rings. The minimum Gasteiger partial charge on any atom is -0.396 e. The van der Waals surface area contributed by atoms with Crippen molar-refractivity contribution < 1.29 is 15.3 Å². The van der Waals surface area contributed by atoms with Gasteiger partial charge in [-0.1, -0.05) is 11.3 Å². The fourth-order valence-electron chi connectivity index (χ4n) is 2.89. The van der Waals surface area contributed by atoms with Gasteiger partial charge in [0.05, 0.1) is 37.3 Å². The first-order valence-electron chi connectivity index (χ1n) is 6.90. The Kier molecular flexibility index (Phi) is 3.71. The van der Waals surface area contributed by atoms with E-state index in [2.05, 4.69) is 15.3 Å². The molecule has 0 aromatic carbocycles. The highest BCUT2D eigenvalue weighted by atomic mass is 16.3. The van der Waals surface area contributed by atoms with Crippen LogP contribution in [0, 0.1) is 5.41 Å². The second-order valence-electron chi connectivity index (χ2n) is 5.66. The molecule has 0 unspecified atom stereocenters. The molecule has 2 aromatic rings. The average molecular weight is 290 g/mol. The van der Waals surface area contributed by atoms with Crippen molar-refractivity contribution in [2.24, 2.45) is 5.41 Å². The van der Waals surface area contributed by atoms with Crippen molar-refractivity contribution in [3.8, 4) is 11.4 Å². The zero-order valence-corrected chi connectivity index (χ0v) is 11.5. The number of rotatable bonds is 4. The lowest BCUT2D eigenvalue weighted by molar-refractivity contribution is 0.0466. The molecule has 0 spiro atoms. The zero-order valence-electron chi connectivity index (χ0n) is 11.5. The van der Waals surface area contributed by atoms with Crippen molar-refractivity contribution in [3.05, 3.63) is 30.6 Å². The van der Waals surface area contributed by atoms with Crippen LogP contribution in [0.5, 0.6) is 0 Å². The van der Waals surface area contributed by atoms with Gasteiger partial charge in [0.15, 0.2) is 0 Å². The second kappa shape index (κ2) is 5.51. The van der Waals surface area contributed by atoms with Crippen molar-refractivity contribution >= 4 is 0 Å². The summed E-state index contributed by atoms with van der Waals surface area (Å²) in [4.78, 5) is 4.21. The molecule has 1 fully saturated rings. The van der Waals surface area contributed by atoms with E-state index in [4.69, 9.17) is 0 Å². The van der Waals surface area contributed by atoms with Crippen LogP contribution in [0.3, 0.4) is 0 Å². The van der Waals surface area contributed by atoms with Gasteiger partial charge in [-0.05, 0) is 25.0 Å². The van der Waals surface area contributed by atoms with Gasteiger partial charge in [-0.15, -0.1) is 5.10 Å². The molecule has 0 radical (unpaired) electrons. The van der Waals surface area contributed by atoms with E-state index in [1.54, 1.807) is 17.1 Å². The lowest BCUT2D eigenvalue weighted by Gasteiger charge is -2.23. The Morgan fingerprint density at radius 1 is 1.19 bits per heavy atom. The number of hydrogen-bond acceptors (Lipinski definition) is 6. The minimum atomic E-state index is -0.664. The van der Waals surface area contributed by atoms with Gasteiger partial charge in [0.1, 0.15) is 5.69 Å². The zero-order chi connectivity index (χ0) is 14.9. The molecule has 7 heteroatoms. The Morgan fingerprint density at radius 3 is 2.62 bits per heavy atom. The summed E-state index contributed by atoms with van der Waals surface area (Å²) in [5, 5.41) is 37.2. The van der Waals surface area contributed by atoms with Gasteiger partial charge < -0.3 is 15.3 Å². The summed E-state index contributed by atoms with van der Waals surface area (Å²) in [6, 6.07) is 5.24. The van der Waals surface area contributed by atoms with Gasteiger partial charge in [0.25, 0.3) is 0 Å². The average Bonchev–Trinajstić information content (AvgIpc) is 3.13. The van der Waals surface area contributed by atoms with Crippen LogP contribution in [-0.4, -0.2) is 54.6 Å². The van der Waals surface area contributed by atoms with E-state index < -0.39 is 11.5 Å². The van der Waals surface area contributed by atoms with Crippen LogP contribution in [0.1, 0.15) is 18.9 Å². The highest BCUT2D eigenvalue weighted by molar-refractivity contribution is 5.51. The Bertz CT molecular complexity index is 597. The number of nitrogens with zero attached hydrogens (tertiary/aromatic N) is 4. The first kappa shape index (κ1) is 14.1. The maximum Gasteiger partial charge on any atom is 0.131 e. The summed E-state index contributed by atoms with van der Waals surface area (Å²) in [6.07, 6.45) is 3.57. The van der Waals surface area contributed by atoms with Gasteiger partial charge >= 0.3 is 0 Å². The molecule has 1 saturated carbocycles. The van der Waals surface area contributed by atoms with Crippen LogP contribution in [0.25, 0.3) is 11.4 Å². The van der Waals surface area contributed by atoms with Crippen LogP contribution in [0.4, 0.5) is 0 Å². The van der Waals surface area contributed by atoms with Crippen molar-refractivity contribution in [3.63, 3.8) is 0 Å². The van der Waals surface area contributed by atoms with E-state index in [-0.39, 0.29) is 19.3 Å².